The Labute approximate surface area is 116 Å². The molecule has 0 spiro atoms. The number of hydrogen-bond donors (Lipinski definition) is 2. The molecule has 0 saturated heterocycles. The van der Waals surface area contributed by atoms with Gasteiger partial charge in [-0.15, -0.1) is 0 Å². The number of aromatic nitrogens is 1. The highest BCUT2D eigenvalue weighted by Gasteiger charge is 2.07. The van der Waals surface area contributed by atoms with E-state index < -0.39 is 0 Å². The lowest BCUT2D eigenvalue weighted by molar-refractivity contribution is 0.0963. The summed E-state index contributed by atoms with van der Waals surface area (Å²) in [4.78, 5) is 15.8. The molecule has 1 aromatic heterocycles. The molecule has 0 atom stereocenters. The van der Waals surface area contributed by atoms with Crippen LogP contribution in [0, 0.1) is 0 Å². The summed E-state index contributed by atoms with van der Waals surface area (Å²) < 4.78 is 0. The molecule has 4 nitrogen and oxygen atoms in total. The number of halogens is 1. The van der Waals surface area contributed by atoms with E-state index in [-0.39, 0.29) is 5.91 Å². The van der Waals surface area contributed by atoms with E-state index in [1.165, 1.54) is 0 Å². The van der Waals surface area contributed by atoms with Crippen molar-refractivity contribution in [3.8, 4) is 0 Å². The van der Waals surface area contributed by atoms with Crippen molar-refractivity contribution in [3.05, 3.63) is 58.9 Å². The minimum Gasteiger partial charge on any atom is -0.378 e. The third kappa shape index (κ3) is 3.45. The van der Waals surface area contributed by atoms with Gasteiger partial charge in [-0.1, -0.05) is 17.7 Å². The number of benzene rings is 1. The third-order valence-electron chi connectivity index (χ3n) is 2.64. The third-order valence-corrected chi connectivity index (χ3v) is 2.97. The summed E-state index contributed by atoms with van der Waals surface area (Å²) in [5, 5.41) is 6.33. The zero-order valence-corrected chi connectivity index (χ0v) is 11.2. The Bertz CT molecular complexity index is 572. The molecule has 0 radical (unpaired) electrons. The fourth-order valence-electron chi connectivity index (χ4n) is 1.63. The van der Waals surface area contributed by atoms with Gasteiger partial charge in [-0.3, -0.25) is 9.78 Å². The molecule has 0 aliphatic carbocycles. The molecule has 98 valence electrons. The van der Waals surface area contributed by atoms with Crippen molar-refractivity contribution >= 4 is 23.2 Å². The van der Waals surface area contributed by atoms with Crippen LogP contribution in [0.15, 0.2) is 42.6 Å². The molecule has 0 unspecified atom stereocenters. The summed E-state index contributed by atoms with van der Waals surface area (Å²) in [6.45, 7) is 0.553. The average molecular weight is 276 g/mol. The Morgan fingerprint density at radius 1 is 1.32 bits per heavy atom. The summed E-state index contributed by atoms with van der Waals surface area (Å²) in [5.41, 5.74) is 2.19. The van der Waals surface area contributed by atoms with Crippen molar-refractivity contribution in [2.45, 2.75) is 6.54 Å². The van der Waals surface area contributed by atoms with Crippen LogP contribution in [-0.4, -0.2) is 17.9 Å². The molecule has 0 aliphatic rings. The van der Waals surface area contributed by atoms with E-state index in [2.05, 4.69) is 15.6 Å². The van der Waals surface area contributed by atoms with Gasteiger partial charge in [0.2, 0.25) is 0 Å². The van der Waals surface area contributed by atoms with Gasteiger partial charge in [-0.05, 0) is 30.3 Å². The van der Waals surface area contributed by atoms with Crippen LogP contribution in [-0.2, 0) is 6.54 Å². The first-order chi connectivity index (χ1) is 9.20. The smallest absolute Gasteiger partial charge is 0.251 e. The number of nitrogens with zero attached hydrogens (tertiary/aromatic N) is 1. The molecule has 0 fully saturated rings. The summed E-state index contributed by atoms with van der Waals surface area (Å²) in [6.07, 6.45) is 1.74. The summed E-state index contributed by atoms with van der Waals surface area (Å²) in [5.74, 6) is -0.141. The first-order valence-electron chi connectivity index (χ1n) is 5.86. The van der Waals surface area contributed by atoms with Crippen molar-refractivity contribution in [2.75, 3.05) is 12.4 Å². The van der Waals surface area contributed by atoms with E-state index >= 15 is 0 Å². The van der Waals surface area contributed by atoms with Crippen molar-refractivity contribution in [2.24, 2.45) is 0 Å². The second-order valence-corrected chi connectivity index (χ2v) is 4.36. The molecule has 1 amide bonds. The zero-order valence-electron chi connectivity index (χ0n) is 10.5. The maximum Gasteiger partial charge on any atom is 0.251 e. The lowest BCUT2D eigenvalue weighted by Crippen LogP contribution is -2.17. The van der Waals surface area contributed by atoms with Crippen molar-refractivity contribution in [3.63, 3.8) is 0 Å². The maximum absolute atomic E-state index is 11.6. The average Bonchev–Trinajstić information content (AvgIpc) is 2.46. The van der Waals surface area contributed by atoms with Crippen LogP contribution in [0.1, 0.15) is 16.1 Å². The van der Waals surface area contributed by atoms with Crippen molar-refractivity contribution < 1.29 is 4.79 Å². The Morgan fingerprint density at radius 2 is 2.16 bits per heavy atom. The minimum atomic E-state index is -0.141. The van der Waals surface area contributed by atoms with Crippen LogP contribution in [0.2, 0.25) is 5.02 Å². The molecule has 1 aromatic carbocycles. The molecule has 2 N–H and O–H groups in total. The number of anilines is 1. The SMILES string of the molecule is CNC(=O)c1ccc(Cl)c(NCc2ccccn2)c1. The van der Waals surface area contributed by atoms with Gasteiger partial charge in [0.05, 0.1) is 22.9 Å². The Balaban J connectivity index is 2.13. The Hall–Kier alpha value is -2.07. The number of nitrogens with one attached hydrogen (secondary N) is 2. The van der Waals surface area contributed by atoms with Crippen LogP contribution in [0.4, 0.5) is 5.69 Å². The van der Waals surface area contributed by atoms with Gasteiger partial charge < -0.3 is 10.6 Å². The Kier molecular flexibility index (Phi) is 4.36. The van der Waals surface area contributed by atoms with Crippen LogP contribution in [0.25, 0.3) is 0 Å². The van der Waals surface area contributed by atoms with Gasteiger partial charge >= 0.3 is 0 Å². The Morgan fingerprint density at radius 3 is 2.84 bits per heavy atom. The fourth-order valence-corrected chi connectivity index (χ4v) is 1.82. The first kappa shape index (κ1) is 13.4. The van der Waals surface area contributed by atoms with E-state index in [1.807, 2.05) is 18.2 Å². The molecule has 2 rings (SSSR count). The van der Waals surface area contributed by atoms with Crippen LogP contribution < -0.4 is 10.6 Å². The van der Waals surface area contributed by atoms with Crippen LogP contribution in [0.3, 0.4) is 0 Å². The number of carbonyl (C=O) groups excluding carboxylic acids is 1. The van der Waals surface area contributed by atoms with Gasteiger partial charge in [0, 0.05) is 18.8 Å². The largest absolute Gasteiger partial charge is 0.378 e. The first-order valence-corrected chi connectivity index (χ1v) is 6.24. The molecule has 0 aliphatic heterocycles. The fraction of sp³-hybridized carbons (Fsp3) is 0.143. The lowest BCUT2D eigenvalue weighted by Gasteiger charge is -2.09. The number of carbonyl (C=O) groups is 1. The molecule has 1 heterocycles. The van der Waals surface area contributed by atoms with Gasteiger partial charge in [-0.25, -0.2) is 0 Å². The van der Waals surface area contributed by atoms with E-state index in [4.69, 9.17) is 11.6 Å². The van der Waals surface area contributed by atoms with E-state index in [9.17, 15) is 4.79 Å². The highest BCUT2D eigenvalue weighted by atomic mass is 35.5. The van der Waals surface area contributed by atoms with Gasteiger partial charge in [0.25, 0.3) is 5.91 Å². The number of hydrogen-bond acceptors (Lipinski definition) is 3. The normalized spacial score (nSPS) is 10.0. The standard InChI is InChI=1S/C14H14ClN3O/c1-16-14(19)10-5-6-12(15)13(8-10)18-9-11-4-2-3-7-17-11/h2-8,18H,9H2,1H3,(H,16,19). The monoisotopic (exact) mass is 275 g/mol. The maximum atomic E-state index is 11.6. The summed E-state index contributed by atoms with van der Waals surface area (Å²) in [6, 6.07) is 10.8. The number of rotatable bonds is 4. The van der Waals surface area contributed by atoms with Crippen molar-refractivity contribution in [1.29, 1.82) is 0 Å². The van der Waals surface area contributed by atoms with Crippen LogP contribution >= 0.6 is 11.6 Å². The highest BCUT2D eigenvalue weighted by Crippen LogP contribution is 2.23. The highest BCUT2D eigenvalue weighted by molar-refractivity contribution is 6.33. The molecule has 5 heteroatoms. The molecule has 2 aromatic rings. The number of amides is 1. The lowest BCUT2D eigenvalue weighted by atomic mass is 10.2. The molecule has 19 heavy (non-hydrogen) atoms. The van der Waals surface area contributed by atoms with Crippen LogP contribution in [0.5, 0.6) is 0 Å². The predicted octanol–water partition coefficient (Wildman–Crippen LogP) is 2.71. The molecule has 0 bridgehead atoms. The van der Waals surface area contributed by atoms with Gasteiger partial charge in [-0.2, -0.15) is 0 Å². The predicted molar refractivity (Wildman–Crippen MR) is 76.4 cm³/mol. The summed E-state index contributed by atoms with van der Waals surface area (Å²) in [7, 11) is 1.60. The topological polar surface area (TPSA) is 54.0 Å². The van der Waals surface area contributed by atoms with Gasteiger partial charge in [0.1, 0.15) is 0 Å². The molecular weight excluding hydrogens is 262 g/mol. The second kappa shape index (κ2) is 6.20. The van der Waals surface area contributed by atoms with Gasteiger partial charge in [0.15, 0.2) is 0 Å². The second-order valence-electron chi connectivity index (χ2n) is 3.95. The quantitative estimate of drug-likeness (QED) is 0.902. The zero-order chi connectivity index (χ0) is 13.7. The van der Waals surface area contributed by atoms with E-state index in [0.29, 0.717) is 22.8 Å². The van der Waals surface area contributed by atoms with Crippen molar-refractivity contribution in [1.82, 2.24) is 10.3 Å². The molecule has 0 saturated carbocycles. The molecular formula is C14H14ClN3O. The van der Waals surface area contributed by atoms with E-state index in [1.54, 1.807) is 31.4 Å². The van der Waals surface area contributed by atoms with E-state index in [0.717, 1.165) is 5.69 Å². The number of pyridine rings is 1. The summed E-state index contributed by atoms with van der Waals surface area (Å²) >= 11 is 6.10. The minimum absolute atomic E-state index is 0.141.